The van der Waals surface area contributed by atoms with Crippen molar-refractivity contribution in [3.8, 4) is 0 Å². The van der Waals surface area contributed by atoms with E-state index in [0.717, 1.165) is 51.4 Å². The summed E-state index contributed by atoms with van der Waals surface area (Å²) in [5, 5.41) is 4.70. The molecule has 2 aromatic rings. The van der Waals surface area contributed by atoms with Crippen molar-refractivity contribution in [1.82, 2.24) is 15.2 Å². The van der Waals surface area contributed by atoms with Gasteiger partial charge in [0, 0.05) is 56.2 Å². The van der Waals surface area contributed by atoms with E-state index in [9.17, 15) is 9.18 Å². The Labute approximate surface area is 170 Å². The quantitative estimate of drug-likeness (QED) is 0.813. The van der Waals surface area contributed by atoms with Crippen LogP contribution in [-0.2, 0) is 6.42 Å². The van der Waals surface area contributed by atoms with Gasteiger partial charge in [-0.2, -0.15) is 5.10 Å². The van der Waals surface area contributed by atoms with Crippen LogP contribution in [0.1, 0.15) is 15.9 Å². The minimum atomic E-state index is -0.352. The van der Waals surface area contributed by atoms with Crippen molar-refractivity contribution in [1.29, 1.82) is 0 Å². The van der Waals surface area contributed by atoms with Crippen LogP contribution in [0.25, 0.3) is 0 Å². The molecule has 1 N–H and O–H groups in total. The van der Waals surface area contributed by atoms with Crippen molar-refractivity contribution in [2.45, 2.75) is 6.42 Å². The molecule has 0 aromatic heterocycles. The molecule has 4 fully saturated rings. The summed E-state index contributed by atoms with van der Waals surface area (Å²) in [5.41, 5.74) is 5.51. The van der Waals surface area contributed by atoms with Crippen LogP contribution in [0.4, 0.5) is 4.39 Å². The molecular weight excluding hydrogens is 367 g/mol. The van der Waals surface area contributed by atoms with Gasteiger partial charge in [0.1, 0.15) is 5.82 Å². The average molecular weight is 392 g/mol. The minimum Gasteiger partial charge on any atom is -0.300 e. The topological polar surface area (TPSA) is 47.9 Å². The van der Waals surface area contributed by atoms with Crippen LogP contribution < -0.4 is 5.43 Å². The Kier molecular flexibility index (Phi) is 4.68. The summed E-state index contributed by atoms with van der Waals surface area (Å²) >= 11 is 0. The van der Waals surface area contributed by atoms with E-state index in [-0.39, 0.29) is 17.1 Å². The van der Waals surface area contributed by atoms with E-state index < -0.39 is 0 Å². The lowest BCUT2D eigenvalue weighted by molar-refractivity contribution is 0.0945. The van der Waals surface area contributed by atoms with Crippen LogP contribution in [0.5, 0.6) is 0 Å². The van der Waals surface area contributed by atoms with Crippen molar-refractivity contribution in [3.05, 3.63) is 71.5 Å². The first-order valence-electron chi connectivity index (χ1n) is 10.2. The van der Waals surface area contributed by atoms with Gasteiger partial charge in [0.05, 0.1) is 5.71 Å². The standard InChI is InChI=1S/C23H25FN4O/c24-20-8-6-18(7-9-20)22(29)26-25-21-19-13-27-10-11-28(14-19)16-23(21,15-27)12-17-4-2-1-3-5-17/h1-9,19H,10-16H2,(H,26,29)/b25-21+. The van der Waals surface area contributed by atoms with Gasteiger partial charge in [0.25, 0.3) is 5.91 Å². The lowest BCUT2D eigenvalue weighted by Crippen LogP contribution is -2.62. The molecule has 4 bridgehead atoms. The van der Waals surface area contributed by atoms with Crippen LogP contribution in [-0.4, -0.2) is 60.7 Å². The number of halogens is 1. The van der Waals surface area contributed by atoms with E-state index in [0.29, 0.717) is 11.5 Å². The maximum absolute atomic E-state index is 13.2. The first-order valence-corrected chi connectivity index (χ1v) is 10.2. The van der Waals surface area contributed by atoms with E-state index in [1.165, 1.54) is 29.8 Å². The van der Waals surface area contributed by atoms with E-state index in [1.807, 2.05) is 6.07 Å². The number of benzene rings is 2. The second-order valence-corrected chi connectivity index (χ2v) is 8.55. The fourth-order valence-electron chi connectivity index (χ4n) is 5.28. The molecule has 4 aliphatic rings. The highest BCUT2D eigenvalue weighted by atomic mass is 19.1. The summed E-state index contributed by atoms with van der Waals surface area (Å²) in [4.78, 5) is 17.7. The summed E-state index contributed by atoms with van der Waals surface area (Å²) in [6, 6.07) is 16.1. The molecule has 2 aromatic carbocycles. The van der Waals surface area contributed by atoms with Crippen LogP contribution in [0.15, 0.2) is 59.7 Å². The fraction of sp³-hybridized carbons (Fsp3) is 0.391. The second-order valence-electron chi connectivity index (χ2n) is 8.55. The molecule has 29 heavy (non-hydrogen) atoms. The molecule has 4 aliphatic heterocycles. The summed E-state index contributed by atoms with van der Waals surface area (Å²) in [7, 11) is 0. The molecule has 2 atom stereocenters. The molecule has 6 rings (SSSR count). The summed E-state index contributed by atoms with van der Waals surface area (Å²) in [6.07, 6.45) is 0.919. The molecule has 0 saturated carbocycles. The molecule has 2 unspecified atom stereocenters. The van der Waals surface area contributed by atoms with Crippen LogP contribution in [0, 0.1) is 17.2 Å². The van der Waals surface area contributed by atoms with Gasteiger partial charge in [-0.1, -0.05) is 30.3 Å². The molecule has 150 valence electrons. The highest BCUT2D eigenvalue weighted by Crippen LogP contribution is 2.41. The Balaban J connectivity index is 1.45. The SMILES string of the molecule is O=C(N/N=C1\C2CN3CCN(C2)CC1(Cc1ccccc1)C3)c1ccc(F)cc1. The van der Waals surface area contributed by atoms with Crippen LogP contribution >= 0.6 is 0 Å². The van der Waals surface area contributed by atoms with E-state index in [4.69, 9.17) is 5.10 Å². The van der Waals surface area contributed by atoms with Gasteiger partial charge in [-0.15, -0.1) is 0 Å². The number of hydrogen-bond acceptors (Lipinski definition) is 4. The van der Waals surface area contributed by atoms with Gasteiger partial charge in [0.15, 0.2) is 0 Å². The number of carbonyl (C=O) groups is 1. The lowest BCUT2D eigenvalue weighted by Gasteiger charge is -2.50. The molecule has 1 amide bonds. The number of nitrogens with one attached hydrogen (secondary N) is 1. The number of amides is 1. The maximum atomic E-state index is 13.2. The first kappa shape index (κ1) is 18.5. The number of hydrazone groups is 1. The Morgan fingerprint density at radius 2 is 1.69 bits per heavy atom. The van der Waals surface area contributed by atoms with Gasteiger partial charge in [-0.3, -0.25) is 4.79 Å². The third-order valence-electron chi connectivity index (χ3n) is 6.44. The third kappa shape index (κ3) is 3.58. The monoisotopic (exact) mass is 392 g/mol. The number of piperidine rings is 2. The van der Waals surface area contributed by atoms with E-state index in [1.54, 1.807) is 0 Å². The summed E-state index contributed by atoms with van der Waals surface area (Å²) in [5.74, 6) is -0.313. The molecule has 6 heteroatoms. The van der Waals surface area contributed by atoms with Crippen molar-refractivity contribution >= 4 is 11.6 Å². The number of nitrogens with zero attached hydrogens (tertiary/aromatic N) is 3. The van der Waals surface area contributed by atoms with Crippen molar-refractivity contribution < 1.29 is 9.18 Å². The molecule has 0 spiro atoms. The van der Waals surface area contributed by atoms with E-state index in [2.05, 4.69) is 39.5 Å². The Morgan fingerprint density at radius 3 is 2.34 bits per heavy atom. The largest absolute Gasteiger partial charge is 0.300 e. The van der Waals surface area contributed by atoms with Gasteiger partial charge in [-0.05, 0) is 36.2 Å². The predicted octanol–water partition coefficient (Wildman–Crippen LogP) is 2.40. The number of hydrogen-bond donors (Lipinski definition) is 1. The molecular formula is C23H25FN4O. The fourth-order valence-corrected chi connectivity index (χ4v) is 5.28. The summed E-state index contributed by atoms with van der Waals surface area (Å²) in [6.45, 7) is 6.14. The van der Waals surface area contributed by atoms with E-state index >= 15 is 0 Å². The zero-order valence-corrected chi connectivity index (χ0v) is 16.4. The van der Waals surface area contributed by atoms with Crippen LogP contribution in [0.3, 0.4) is 0 Å². The predicted molar refractivity (Wildman–Crippen MR) is 110 cm³/mol. The third-order valence-corrected chi connectivity index (χ3v) is 6.44. The molecule has 0 aliphatic carbocycles. The molecule has 4 saturated heterocycles. The number of fused-ring (bicyclic) bond motifs is 1. The zero-order valence-electron chi connectivity index (χ0n) is 16.4. The highest BCUT2D eigenvalue weighted by Gasteiger charge is 2.52. The highest BCUT2D eigenvalue weighted by molar-refractivity contribution is 5.98. The number of carbonyl (C=O) groups excluding carboxylic acids is 1. The number of rotatable bonds is 4. The van der Waals surface area contributed by atoms with Gasteiger partial charge in [-0.25, -0.2) is 9.82 Å². The molecule has 5 nitrogen and oxygen atoms in total. The van der Waals surface area contributed by atoms with Gasteiger partial charge in [0.2, 0.25) is 0 Å². The lowest BCUT2D eigenvalue weighted by atomic mass is 9.67. The average Bonchev–Trinajstić information content (AvgIpc) is 2.96. The zero-order chi connectivity index (χ0) is 19.8. The van der Waals surface area contributed by atoms with Crippen molar-refractivity contribution in [2.24, 2.45) is 16.4 Å². The second kappa shape index (κ2) is 7.35. The maximum Gasteiger partial charge on any atom is 0.271 e. The Bertz CT molecular complexity index is 912. The van der Waals surface area contributed by atoms with Gasteiger partial charge < -0.3 is 9.80 Å². The summed E-state index contributed by atoms with van der Waals surface area (Å²) < 4.78 is 13.2. The first-order chi connectivity index (χ1) is 14.1. The molecule has 0 radical (unpaired) electrons. The normalized spacial score (nSPS) is 31.6. The van der Waals surface area contributed by atoms with Gasteiger partial charge >= 0.3 is 0 Å². The smallest absolute Gasteiger partial charge is 0.271 e. The Morgan fingerprint density at radius 1 is 1.03 bits per heavy atom. The van der Waals surface area contributed by atoms with Crippen LogP contribution in [0.2, 0.25) is 0 Å². The van der Waals surface area contributed by atoms with Crippen molar-refractivity contribution in [2.75, 3.05) is 39.3 Å². The molecule has 4 heterocycles. The van der Waals surface area contributed by atoms with Crippen molar-refractivity contribution in [3.63, 3.8) is 0 Å². The Hall–Kier alpha value is -2.57. The minimum absolute atomic E-state index is 0.0882.